The van der Waals surface area contributed by atoms with Crippen LogP contribution in [0.2, 0.25) is 0 Å². The molecule has 1 atom stereocenters. The predicted molar refractivity (Wildman–Crippen MR) is 119 cm³/mol. The van der Waals surface area contributed by atoms with Crippen LogP contribution >= 0.6 is 22.6 Å². The second-order valence-electron chi connectivity index (χ2n) is 7.29. The molecule has 0 aliphatic carbocycles. The van der Waals surface area contributed by atoms with Gasteiger partial charge in [-0.3, -0.25) is 4.79 Å². The number of aromatic hydroxyl groups is 2. The van der Waals surface area contributed by atoms with E-state index >= 15 is 0 Å². The topological polar surface area (TPSA) is 105 Å². The van der Waals surface area contributed by atoms with E-state index in [-0.39, 0.29) is 34.1 Å². The van der Waals surface area contributed by atoms with Crippen molar-refractivity contribution in [3.8, 4) is 23.0 Å². The molecule has 2 heterocycles. The maximum Gasteiger partial charge on any atom is 0.340 e. The summed E-state index contributed by atoms with van der Waals surface area (Å²) in [5.41, 5.74) is 1.33. The summed E-state index contributed by atoms with van der Waals surface area (Å²) < 4.78 is 12.4. The fraction of sp³-hybridized carbons (Fsp3) is 0.130. The minimum atomic E-state index is -1.34. The van der Waals surface area contributed by atoms with Crippen molar-refractivity contribution in [2.45, 2.75) is 12.1 Å². The number of carbonyl (C=O) groups is 2. The molecular formula is C23H16INO6. The average Bonchev–Trinajstić information content (AvgIpc) is 3.04. The van der Waals surface area contributed by atoms with Crippen LogP contribution in [0.1, 0.15) is 32.6 Å². The van der Waals surface area contributed by atoms with Gasteiger partial charge < -0.3 is 25.0 Å². The summed E-state index contributed by atoms with van der Waals surface area (Å²) in [4.78, 5) is 24.8. The van der Waals surface area contributed by atoms with Crippen LogP contribution in [0.5, 0.6) is 23.0 Å². The van der Waals surface area contributed by atoms with E-state index in [1.807, 2.05) is 34.7 Å². The van der Waals surface area contributed by atoms with Gasteiger partial charge in [-0.25, -0.2) is 4.79 Å². The first-order valence-corrected chi connectivity index (χ1v) is 11.0. The smallest absolute Gasteiger partial charge is 0.340 e. The SMILES string of the molecule is O=C(CI)NCc1cc(O)cc2c1C1(OC(=O)c3ccccc31)c1ccc(O)cc1O2. The molecule has 7 nitrogen and oxygen atoms in total. The molecule has 0 saturated heterocycles. The van der Waals surface area contributed by atoms with E-state index in [2.05, 4.69) is 5.32 Å². The Labute approximate surface area is 190 Å². The normalized spacial score (nSPS) is 17.9. The highest BCUT2D eigenvalue weighted by Crippen LogP contribution is 2.58. The average molecular weight is 529 g/mol. The molecule has 2 aliphatic heterocycles. The highest BCUT2D eigenvalue weighted by Gasteiger charge is 2.54. The number of ether oxygens (including phenoxy) is 2. The van der Waals surface area contributed by atoms with Crippen molar-refractivity contribution in [2.24, 2.45) is 0 Å². The number of benzene rings is 3. The number of amides is 1. The zero-order valence-electron chi connectivity index (χ0n) is 16.0. The van der Waals surface area contributed by atoms with Gasteiger partial charge >= 0.3 is 5.97 Å². The standard InChI is InChI=1S/C23H16INO6/c24-10-20(28)25-11-12-7-14(27)9-19-21(12)23(17-6-5-13(26)8-18(17)30-19)16-4-2-1-3-15(16)22(29)31-23/h1-9,26-27H,10-11H2,(H,25,28). The molecule has 3 aromatic carbocycles. The number of esters is 1. The Morgan fingerprint density at radius 1 is 1.00 bits per heavy atom. The number of nitrogens with one attached hydrogen (secondary N) is 1. The third-order valence-corrected chi connectivity index (χ3v) is 6.15. The van der Waals surface area contributed by atoms with Crippen LogP contribution in [0.4, 0.5) is 0 Å². The summed E-state index contributed by atoms with van der Waals surface area (Å²) in [5, 5.41) is 23.1. The Morgan fingerprint density at radius 3 is 2.58 bits per heavy atom. The quantitative estimate of drug-likeness (QED) is 0.272. The van der Waals surface area contributed by atoms with Gasteiger partial charge in [0, 0.05) is 29.8 Å². The van der Waals surface area contributed by atoms with Gasteiger partial charge in [-0.05, 0) is 29.8 Å². The van der Waals surface area contributed by atoms with Gasteiger partial charge in [0.05, 0.1) is 15.6 Å². The molecule has 156 valence electrons. The number of fused-ring (bicyclic) bond motifs is 6. The van der Waals surface area contributed by atoms with E-state index in [9.17, 15) is 19.8 Å². The van der Waals surface area contributed by atoms with E-state index in [1.54, 1.807) is 18.2 Å². The lowest BCUT2D eigenvalue weighted by molar-refractivity contribution is -0.118. The molecule has 1 spiro atoms. The van der Waals surface area contributed by atoms with Gasteiger partial charge in [-0.2, -0.15) is 0 Å². The first-order chi connectivity index (χ1) is 14.9. The molecule has 1 unspecified atom stereocenters. The molecule has 0 aromatic heterocycles. The molecule has 3 aromatic rings. The van der Waals surface area contributed by atoms with Gasteiger partial charge in [0.1, 0.15) is 23.0 Å². The highest BCUT2D eigenvalue weighted by atomic mass is 127. The second kappa shape index (κ2) is 7.16. The van der Waals surface area contributed by atoms with Crippen molar-refractivity contribution < 1.29 is 29.3 Å². The van der Waals surface area contributed by atoms with Crippen molar-refractivity contribution in [3.63, 3.8) is 0 Å². The second-order valence-corrected chi connectivity index (χ2v) is 8.05. The molecule has 1 amide bonds. The molecule has 0 bridgehead atoms. The third-order valence-electron chi connectivity index (χ3n) is 5.45. The maximum atomic E-state index is 12.9. The van der Waals surface area contributed by atoms with Gasteiger partial charge in [0.25, 0.3) is 0 Å². The van der Waals surface area contributed by atoms with Gasteiger partial charge in [-0.1, -0.05) is 40.8 Å². The van der Waals surface area contributed by atoms with Crippen LogP contribution < -0.4 is 10.1 Å². The largest absolute Gasteiger partial charge is 0.508 e. The lowest BCUT2D eigenvalue weighted by Gasteiger charge is -2.38. The first-order valence-electron chi connectivity index (χ1n) is 9.47. The van der Waals surface area contributed by atoms with E-state index < -0.39 is 11.6 Å². The van der Waals surface area contributed by atoms with Crippen LogP contribution in [0, 0.1) is 0 Å². The molecule has 31 heavy (non-hydrogen) atoms. The first kappa shape index (κ1) is 19.7. The predicted octanol–water partition coefficient (Wildman–Crippen LogP) is 3.72. The zero-order chi connectivity index (χ0) is 21.8. The fourth-order valence-corrected chi connectivity index (χ4v) is 4.53. The van der Waals surface area contributed by atoms with Gasteiger partial charge in [0.15, 0.2) is 5.60 Å². The third kappa shape index (κ3) is 2.93. The number of hydrogen-bond acceptors (Lipinski definition) is 6. The van der Waals surface area contributed by atoms with Crippen LogP contribution in [0.3, 0.4) is 0 Å². The van der Waals surface area contributed by atoms with Crippen LogP contribution in [-0.4, -0.2) is 26.5 Å². The number of rotatable bonds is 3. The van der Waals surface area contributed by atoms with E-state index in [0.717, 1.165) is 0 Å². The Kier molecular flexibility index (Phi) is 4.54. The van der Waals surface area contributed by atoms with Crippen molar-refractivity contribution >= 4 is 34.5 Å². The molecule has 0 fully saturated rings. The number of hydrogen-bond donors (Lipinski definition) is 3. The van der Waals surface area contributed by atoms with Crippen molar-refractivity contribution in [3.05, 3.63) is 82.4 Å². The minimum absolute atomic E-state index is 0.00959. The van der Waals surface area contributed by atoms with E-state index in [1.165, 1.54) is 24.3 Å². The maximum absolute atomic E-state index is 12.9. The van der Waals surface area contributed by atoms with Crippen molar-refractivity contribution in [1.82, 2.24) is 5.32 Å². The monoisotopic (exact) mass is 529 g/mol. The Hall–Kier alpha value is -3.27. The summed E-state index contributed by atoms with van der Waals surface area (Å²) in [6, 6.07) is 14.6. The highest BCUT2D eigenvalue weighted by molar-refractivity contribution is 14.1. The van der Waals surface area contributed by atoms with Crippen LogP contribution in [0.15, 0.2) is 54.6 Å². The molecule has 3 N–H and O–H groups in total. The van der Waals surface area contributed by atoms with Crippen molar-refractivity contribution in [1.29, 1.82) is 0 Å². The molecule has 0 radical (unpaired) electrons. The Morgan fingerprint density at radius 2 is 1.77 bits per heavy atom. The summed E-state index contributed by atoms with van der Waals surface area (Å²) >= 11 is 1.96. The fourth-order valence-electron chi connectivity index (χ4n) is 4.26. The van der Waals surface area contributed by atoms with Crippen LogP contribution in [0.25, 0.3) is 0 Å². The zero-order valence-corrected chi connectivity index (χ0v) is 18.2. The van der Waals surface area contributed by atoms with E-state index in [0.29, 0.717) is 33.6 Å². The molecule has 8 heteroatoms. The molecular weight excluding hydrogens is 513 g/mol. The minimum Gasteiger partial charge on any atom is -0.508 e. The van der Waals surface area contributed by atoms with Crippen LogP contribution in [-0.2, 0) is 21.7 Å². The molecule has 0 saturated carbocycles. The number of alkyl halides is 1. The Bertz CT molecular complexity index is 1260. The summed E-state index contributed by atoms with van der Waals surface area (Å²) in [5.74, 6) is -0.139. The number of phenols is 2. The van der Waals surface area contributed by atoms with Crippen molar-refractivity contribution in [2.75, 3.05) is 4.43 Å². The van der Waals surface area contributed by atoms with Gasteiger partial charge in [-0.15, -0.1) is 0 Å². The van der Waals surface area contributed by atoms with E-state index in [4.69, 9.17) is 9.47 Å². The summed E-state index contributed by atoms with van der Waals surface area (Å²) in [6.45, 7) is 0.108. The molecule has 5 rings (SSSR count). The number of halogens is 1. The summed E-state index contributed by atoms with van der Waals surface area (Å²) in [7, 11) is 0. The summed E-state index contributed by atoms with van der Waals surface area (Å²) in [6.07, 6.45) is 0. The number of phenolic OH excluding ortho intramolecular Hbond substituents is 2. The molecule has 2 aliphatic rings. The lowest BCUT2D eigenvalue weighted by atomic mass is 9.75. The number of carbonyl (C=O) groups excluding carboxylic acids is 2. The Balaban J connectivity index is 1.82. The lowest BCUT2D eigenvalue weighted by Crippen LogP contribution is -2.35. The van der Waals surface area contributed by atoms with Gasteiger partial charge in [0.2, 0.25) is 5.91 Å².